The second-order valence-electron chi connectivity index (χ2n) is 3.90. The molecule has 19 heavy (non-hydrogen) atoms. The van der Waals surface area contributed by atoms with Gasteiger partial charge in [0.05, 0.1) is 29.1 Å². The van der Waals surface area contributed by atoms with Gasteiger partial charge in [-0.2, -0.15) is 0 Å². The second-order valence-corrected chi connectivity index (χ2v) is 4.30. The van der Waals surface area contributed by atoms with Crippen molar-refractivity contribution < 1.29 is 9.53 Å². The van der Waals surface area contributed by atoms with E-state index < -0.39 is 0 Å². The lowest BCUT2D eigenvalue weighted by atomic mass is 10.2. The molecule has 0 saturated heterocycles. The van der Waals surface area contributed by atoms with Crippen LogP contribution in [0.2, 0.25) is 5.02 Å². The van der Waals surface area contributed by atoms with Crippen molar-refractivity contribution in [2.75, 3.05) is 18.2 Å². The number of anilines is 3. The summed E-state index contributed by atoms with van der Waals surface area (Å²) in [7, 11) is 1.35. The van der Waals surface area contributed by atoms with E-state index in [0.29, 0.717) is 16.3 Å². The molecular formula is C14H13ClN2O2. The molecule has 0 fully saturated rings. The Hall–Kier alpha value is -2.20. The minimum absolute atomic E-state index is 0.367. The fourth-order valence-electron chi connectivity index (χ4n) is 1.61. The number of esters is 1. The summed E-state index contributed by atoms with van der Waals surface area (Å²) < 4.78 is 4.63. The van der Waals surface area contributed by atoms with Gasteiger partial charge in [-0.05, 0) is 36.4 Å². The molecule has 2 aromatic rings. The molecular weight excluding hydrogens is 264 g/mol. The number of para-hydroxylation sites is 1. The van der Waals surface area contributed by atoms with Gasteiger partial charge in [-0.1, -0.05) is 17.7 Å². The fraction of sp³-hybridized carbons (Fsp3) is 0.0714. The lowest BCUT2D eigenvalue weighted by Gasteiger charge is -2.10. The predicted molar refractivity (Wildman–Crippen MR) is 76.9 cm³/mol. The van der Waals surface area contributed by atoms with Gasteiger partial charge in [-0.25, -0.2) is 4.79 Å². The number of hydrogen-bond donors (Lipinski definition) is 2. The van der Waals surface area contributed by atoms with Gasteiger partial charge >= 0.3 is 5.97 Å². The highest BCUT2D eigenvalue weighted by atomic mass is 35.5. The summed E-state index contributed by atoms with van der Waals surface area (Å²) in [5, 5.41) is 3.63. The molecule has 98 valence electrons. The summed E-state index contributed by atoms with van der Waals surface area (Å²) in [4.78, 5) is 11.3. The zero-order valence-electron chi connectivity index (χ0n) is 10.3. The number of ether oxygens (including phenoxy) is 1. The highest BCUT2D eigenvalue weighted by Crippen LogP contribution is 2.29. The molecule has 5 heteroatoms. The molecule has 0 radical (unpaired) electrons. The minimum atomic E-state index is -0.367. The smallest absolute Gasteiger partial charge is 0.337 e. The summed E-state index contributed by atoms with van der Waals surface area (Å²) in [6.07, 6.45) is 0. The van der Waals surface area contributed by atoms with Crippen molar-refractivity contribution in [3.05, 3.63) is 53.1 Å². The van der Waals surface area contributed by atoms with Gasteiger partial charge in [0.25, 0.3) is 0 Å². The van der Waals surface area contributed by atoms with Gasteiger partial charge in [0.2, 0.25) is 0 Å². The largest absolute Gasteiger partial charge is 0.465 e. The number of halogens is 1. The summed E-state index contributed by atoms with van der Waals surface area (Å²) in [5.74, 6) is -0.367. The average Bonchev–Trinajstić information content (AvgIpc) is 2.44. The molecule has 2 aromatic carbocycles. The van der Waals surface area contributed by atoms with E-state index in [2.05, 4.69) is 10.1 Å². The van der Waals surface area contributed by atoms with Crippen LogP contribution in [0.5, 0.6) is 0 Å². The number of nitrogen functional groups attached to an aromatic ring is 1. The number of hydrogen-bond acceptors (Lipinski definition) is 4. The maximum Gasteiger partial charge on any atom is 0.337 e. The first kappa shape index (κ1) is 13.2. The van der Waals surface area contributed by atoms with Crippen molar-refractivity contribution in [3.63, 3.8) is 0 Å². The molecule has 4 nitrogen and oxygen atoms in total. The summed E-state index contributed by atoms with van der Waals surface area (Å²) in [5.41, 5.74) is 8.37. The van der Waals surface area contributed by atoms with Gasteiger partial charge in [-0.15, -0.1) is 0 Å². The van der Waals surface area contributed by atoms with E-state index >= 15 is 0 Å². The number of nitrogens with one attached hydrogen (secondary N) is 1. The topological polar surface area (TPSA) is 64.3 Å². The van der Waals surface area contributed by atoms with Crippen molar-refractivity contribution in [1.82, 2.24) is 0 Å². The van der Waals surface area contributed by atoms with Crippen LogP contribution >= 0.6 is 11.6 Å². The summed E-state index contributed by atoms with van der Waals surface area (Å²) in [6.45, 7) is 0. The van der Waals surface area contributed by atoms with Crippen molar-refractivity contribution in [2.24, 2.45) is 0 Å². The number of benzene rings is 2. The third-order valence-electron chi connectivity index (χ3n) is 2.64. The first-order valence-electron chi connectivity index (χ1n) is 5.61. The Morgan fingerprint density at radius 3 is 2.53 bits per heavy atom. The first-order valence-corrected chi connectivity index (χ1v) is 5.99. The molecule has 3 N–H and O–H groups in total. The number of rotatable bonds is 3. The highest BCUT2D eigenvalue weighted by molar-refractivity contribution is 6.33. The maximum absolute atomic E-state index is 11.3. The Bertz CT molecular complexity index is 597. The van der Waals surface area contributed by atoms with Crippen LogP contribution in [0, 0.1) is 0 Å². The SMILES string of the molecule is COC(=O)c1ccc(Nc2cccc(Cl)c2N)cc1. The molecule has 0 saturated carbocycles. The second kappa shape index (κ2) is 5.63. The zero-order chi connectivity index (χ0) is 13.8. The van der Waals surface area contributed by atoms with E-state index in [9.17, 15) is 4.79 Å². The molecule has 0 aromatic heterocycles. The van der Waals surface area contributed by atoms with Crippen LogP contribution in [0.1, 0.15) is 10.4 Å². The predicted octanol–water partition coefficient (Wildman–Crippen LogP) is 3.45. The van der Waals surface area contributed by atoms with E-state index in [-0.39, 0.29) is 5.97 Å². The third-order valence-corrected chi connectivity index (χ3v) is 2.97. The number of carbonyl (C=O) groups excluding carboxylic acids is 1. The van der Waals surface area contributed by atoms with Crippen LogP contribution in [0.3, 0.4) is 0 Å². The molecule has 0 atom stereocenters. The Kier molecular flexibility index (Phi) is 3.92. The highest BCUT2D eigenvalue weighted by Gasteiger charge is 2.06. The molecule has 0 bridgehead atoms. The molecule has 0 unspecified atom stereocenters. The quantitative estimate of drug-likeness (QED) is 0.666. The van der Waals surface area contributed by atoms with Crippen molar-refractivity contribution in [3.8, 4) is 0 Å². The van der Waals surface area contributed by atoms with Crippen LogP contribution in [-0.2, 0) is 4.74 Å². The van der Waals surface area contributed by atoms with Crippen LogP contribution < -0.4 is 11.1 Å². The molecule has 0 amide bonds. The lowest BCUT2D eigenvalue weighted by Crippen LogP contribution is -2.01. The van der Waals surface area contributed by atoms with E-state index in [4.69, 9.17) is 17.3 Å². The molecule has 0 heterocycles. The normalized spacial score (nSPS) is 10.0. The zero-order valence-corrected chi connectivity index (χ0v) is 11.1. The van der Waals surface area contributed by atoms with Gasteiger partial charge in [0.1, 0.15) is 0 Å². The van der Waals surface area contributed by atoms with Crippen LogP contribution in [0.15, 0.2) is 42.5 Å². The van der Waals surface area contributed by atoms with Crippen LogP contribution in [-0.4, -0.2) is 13.1 Å². The Balaban J connectivity index is 2.20. The van der Waals surface area contributed by atoms with Gasteiger partial charge in [0, 0.05) is 5.69 Å². The Morgan fingerprint density at radius 2 is 1.89 bits per heavy atom. The standard InChI is InChI=1S/C14H13ClN2O2/c1-19-14(18)9-5-7-10(8-6-9)17-12-4-2-3-11(15)13(12)16/h2-8,17H,16H2,1H3. The number of methoxy groups -OCH3 is 1. The van der Waals surface area contributed by atoms with E-state index in [1.807, 2.05) is 12.1 Å². The third kappa shape index (κ3) is 2.98. The Labute approximate surface area is 116 Å². The summed E-state index contributed by atoms with van der Waals surface area (Å²) >= 11 is 5.94. The molecule has 2 rings (SSSR count). The molecule has 0 aliphatic heterocycles. The van der Waals surface area contributed by atoms with Gasteiger partial charge < -0.3 is 15.8 Å². The molecule has 0 aliphatic carbocycles. The van der Waals surface area contributed by atoms with E-state index in [1.165, 1.54) is 7.11 Å². The molecule has 0 spiro atoms. The number of carbonyl (C=O) groups is 1. The van der Waals surface area contributed by atoms with E-state index in [1.54, 1.807) is 30.3 Å². The fourth-order valence-corrected chi connectivity index (χ4v) is 1.78. The van der Waals surface area contributed by atoms with Crippen molar-refractivity contribution in [2.45, 2.75) is 0 Å². The minimum Gasteiger partial charge on any atom is -0.465 e. The number of nitrogens with two attached hydrogens (primary N) is 1. The Morgan fingerprint density at radius 1 is 1.21 bits per heavy atom. The van der Waals surface area contributed by atoms with E-state index in [0.717, 1.165) is 11.4 Å². The summed E-state index contributed by atoms with van der Waals surface area (Å²) in [6, 6.07) is 12.3. The molecule has 0 aliphatic rings. The van der Waals surface area contributed by atoms with Crippen molar-refractivity contribution in [1.29, 1.82) is 0 Å². The first-order chi connectivity index (χ1) is 9.11. The van der Waals surface area contributed by atoms with Gasteiger partial charge in [-0.3, -0.25) is 0 Å². The van der Waals surface area contributed by atoms with Crippen LogP contribution in [0.25, 0.3) is 0 Å². The van der Waals surface area contributed by atoms with Crippen molar-refractivity contribution >= 4 is 34.6 Å². The van der Waals surface area contributed by atoms with Crippen LogP contribution in [0.4, 0.5) is 17.1 Å². The average molecular weight is 277 g/mol. The maximum atomic E-state index is 11.3. The monoisotopic (exact) mass is 276 g/mol. The lowest BCUT2D eigenvalue weighted by molar-refractivity contribution is 0.0601. The van der Waals surface area contributed by atoms with Gasteiger partial charge in [0.15, 0.2) is 0 Å².